The highest BCUT2D eigenvalue weighted by Gasteiger charge is 2.14. The summed E-state index contributed by atoms with van der Waals surface area (Å²) < 4.78 is 1.80. The van der Waals surface area contributed by atoms with Gasteiger partial charge < -0.3 is 9.67 Å². The zero-order valence-electron chi connectivity index (χ0n) is 9.19. The van der Waals surface area contributed by atoms with Crippen LogP contribution < -0.4 is 0 Å². The molecule has 1 heterocycles. The first-order valence-corrected chi connectivity index (χ1v) is 5.91. The van der Waals surface area contributed by atoms with Crippen molar-refractivity contribution in [3.05, 3.63) is 34.1 Å². The van der Waals surface area contributed by atoms with Crippen LogP contribution in [0.1, 0.15) is 12.7 Å². The van der Waals surface area contributed by atoms with Gasteiger partial charge in [-0.05, 0) is 25.1 Å². The van der Waals surface area contributed by atoms with Gasteiger partial charge in [0.25, 0.3) is 0 Å². The first kappa shape index (κ1) is 12.4. The quantitative estimate of drug-likeness (QED) is 0.934. The smallest absolute Gasteiger partial charge is 0.165 e. The molecule has 0 aliphatic rings. The summed E-state index contributed by atoms with van der Waals surface area (Å²) in [6, 6.07) is 5.17. The fourth-order valence-corrected chi connectivity index (χ4v) is 2.03. The number of aliphatic hydroxyl groups excluding tert-OH is 1. The Labute approximate surface area is 109 Å². The lowest BCUT2D eigenvalue weighted by Crippen LogP contribution is -2.03. The monoisotopic (exact) mass is 271 g/mol. The van der Waals surface area contributed by atoms with E-state index in [1.165, 1.54) is 0 Å². The molecular formula is C11H11Cl2N3O. The van der Waals surface area contributed by atoms with Crippen LogP contribution in [0.2, 0.25) is 10.0 Å². The van der Waals surface area contributed by atoms with Crippen LogP contribution in [-0.4, -0.2) is 19.9 Å². The molecule has 1 N–H and O–H groups in total. The maximum absolute atomic E-state index is 9.15. The first-order chi connectivity index (χ1) is 8.17. The average Bonchev–Trinajstić information content (AvgIpc) is 2.74. The average molecular weight is 272 g/mol. The molecule has 0 aliphatic carbocycles. The molecule has 17 heavy (non-hydrogen) atoms. The van der Waals surface area contributed by atoms with E-state index >= 15 is 0 Å². The molecule has 0 atom stereocenters. The molecule has 90 valence electrons. The molecule has 2 aromatic rings. The van der Waals surface area contributed by atoms with Crippen molar-refractivity contribution in [2.75, 3.05) is 0 Å². The Kier molecular flexibility index (Phi) is 3.66. The molecule has 0 spiro atoms. The number of aliphatic hydroxyl groups is 1. The molecular weight excluding hydrogens is 261 g/mol. The Morgan fingerprint density at radius 1 is 1.29 bits per heavy atom. The third kappa shape index (κ3) is 2.29. The number of rotatable bonds is 3. The topological polar surface area (TPSA) is 50.9 Å². The van der Waals surface area contributed by atoms with Crippen LogP contribution in [0.15, 0.2) is 18.2 Å². The molecule has 0 fully saturated rings. The Hall–Kier alpha value is -1.10. The van der Waals surface area contributed by atoms with E-state index in [9.17, 15) is 0 Å². The second-order valence-corrected chi connectivity index (χ2v) is 4.31. The number of hydrogen-bond donors (Lipinski definition) is 1. The lowest BCUT2D eigenvalue weighted by atomic mass is 10.2. The SMILES string of the molecule is CCn1c(CO)nnc1-c1cc(Cl)ccc1Cl. The minimum Gasteiger partial charge on any atom is -0.388 e. The highest BCUT2D eigenvalue weighted by atomic mass is 35.5. The molecule has 2 rings (SSSR count). The van der Waals surface area contributed by atoms with Gasteiger partial charge >= 0.3 is 0 Å². The Balaban J connectivity index is 2.59. The standard InChI is InChI=1S/C11H11Cl2N3O/c1-2-16-10(6-17)14-15-11(16)8-5-7(12)3-4-9(8)13/h3-5,17H,2,6H2,1H3. The van der Waals surface area contributed by atoms with Gasteiger partial charge in [0.05, 0.1) is 5.02 Å². The van der Waals surface area contributed by atoms with E-state index in [4.69, 9.17) is 28.3 Å². The summed E-state index contributed by atoms with van der Waals surface area (Å²) in [5.41, 5.74) is 0.716. The zero-order valence-corrected chi connectivity index (χ0v) is 10.7. The molecule has 0 saturated heterocycles. The number of nitrogens with zero attached hydrogens (tertiary/aromatic N) is 3. The molecule has 0 radical (unpaired) electrons. The number of hydrogen-bond acceptors (Lipinski definition) is 3. The van der Waals surface area contributed by atoms with Gasteiger partial charge in [-0.3, -0.25) is 0 Å². The van der Waals surface area contributed by atoms with E-state index in [-0.39, 0.29) is 6.61 Å². The summed E-state index contributed by atoms with van der Waals surface area (Å²) in [4.78, 5) is 0. The molecule has 1 aromatic heterocycles. The van der Waals surface area contributed by atoms with Gasteiger partial charge in [-0.1, -0.05) is 23.2 Å². The van der Waals surface area contributed by atoms with E-state index in [0.717, 1.165) is 0 Å². The Morgan fingerprint density at radius 3 is 2.71 bits per heavy atom. The number of aromatic nitrogens is 3. The van der Waals surface area contributed by atoms with Gasteiger partial charge in [0, 0.05) is 17.1 Å². The predicted octanol–water partition coefficient (Wildman–Crippen LogP) is 2.76. The van der Waals surface area contributed by atoms with Gasteiger partial charge in [-0.15, -0.1) is 10.2 Å². The van der Waals surface area contributed by atoms with Crippen LogP contribution in [-0.2, 0) is 13.2 Å². The van der Waals surface area contributed by atoms with Gasteiger partial charge in [0.15, 0.2) is 11.6 Å². The van der Waals surface area contributed by atoms with Crippen molar-refractivity contribution in [3.8, 4) is 11.4 Å². The zero-order chi connectivity index (χ0) is 12.4. The fourth-order valence-electron chi connectivity index (χ4n) is 1.65. The van der Waals surface area contributed by atoms with Crippen LogP contribution in [0.25, 0.3) is 11.4 Å². The molecule has 4 nitrogen and oxygen atoms in total. The van der Waals surface area contributed by atoms with Crippen molar-refractivity contribution in [2.24, 2.45) is 0 Å². The van der Waals surface area contributed by atoms with Gasteiger partial charge in [0.2, 0.25) is 0 Å². The van der Waals surface area contributed by atoms with Crippen molar-refractivity contribution in [1.82, 2.24) is 14.8 Å². The molecule has 6 heteroatoms. The molecule has 0 saturated carbocycles. The molecule has 0 amide bonds. The van der Waals surface area contributed by atoms with Crippen LogP contribution >= 0.6 is 23.2 Å². The van der Waals surface area contributed by atoms with Crippen LogP contribution in [0.3, 0.4) is 0 Å². The lowest BCUT2D eigenvalue weighted by Gasteiger charge is -2.07. The molecule has 0 bridgehead atoms. The second-order valence-electron chi connectivity index (χ2n) is 3.47. The van der Waals surface area contributed by atoms with Crippen LogP contribution in [0.5, 0.6) is 0 Å². The van der Waals surface area contributed by atoms with Gasteiger partial charge in [0.1, 0.15) is 6.61 Å². The van der Waals surface area contributed by atoms with Crippen LogP contribution in [0, 0.1) is 0 Å². The summed E-state index contributed by atoms with van der Waals surface area (Å²) in [6.07, 6.45) is 0. The summed E-state index contributed by atoms with van der Waals surface area (Å²) in [6.45, 7) is 2.45. The summed E-state index contributed by atoms with van der Waals surface area (Å²) in [5, 5.41) is 18.2. The van der Waals surface area contributed by atoms with Crippen LogP contribution in [0.4, 0.5) is 0 Å². The molecule has 0 aliphatic heterocycles. The van der Waals surface area contributed by atoms with Crippen molar-refractivity contribution < 1.29 is 5.11 Å². The second kappa shape index (κ2) is 5.04. The third-order valence-electron chi connectivity index (χ3n) is 2.45. The normalized spacial score (nSPS) is 10.8. The van der Waals surface area contributed by atoms with Crippen molar-refractivity contribution in [3.63, 3.8) is 0 Å². The maximum Gasteiger partial charge on any atom is 0.165 e. The van der Waals surface area contributed by atoms with Gasteiger partial charge in [-0.25, -0.2) is 0 Å². The van der Waals surface area contributed by atoms with Gasteiger partial charge in [-0.2, -0.15) is 0 Å². The maximum atomic E-state index is 9.15. The predicted molar refractivity (Wildman–Crippen MR) is 67.1 cm³/mol. The summed E-state index contributed by atoms with van der Waals surface area (Å²) in [7, 11) is 0. The fraction of sp³-hybridized carbons (Fsp3) is 0.273. The van der Waals surface area contributed by atoms with Crippen molar-refractivity contribution in [1.29, 1.82) is 0 Å². The highest BCUT2D eigenvalue weighted by molar-refractivity contribution is 6.35. The largest absolute Gasteiger partial charge is 0.388 e. The lowest BCUT2D eigenvalue weighted by molar-refractivity contribution is 0.265. The highest BCUT2D eigenvalue weighted by Crippen LogP contribution is 2.29. The Morgan fingerprint density at radius 2 is 2.06 bits per heavy atom. The minimum absolute atomic E-state index is 0.154. The van der Waals surface area contributed by atoms with Crippen molar-refractivity contribution >= 4 is 23.2 Å². The Bertz CT molecular complexity index is 540. The van der Waals surface area contributed by atoms with E-state index in [2.05, 4.69) is 10.2 Å². The minimum atomic E-state index is -0.154. The third-order valence-corrected chi connectivity index (χ3v) is 3.02. The molecule has 1 aromatic carbocycles. The molecule has 0 unspecified atom stereocenters. The van der Waals surface area contributed by atoms with E-state index in [1.807, 2.05) is 6.92 Å². The summed E-state index contributed by atoms with van der Waals surface area (Å²) >= 11 is 12.0. The van der Waals surface area contributed by atoms with E-state index in [1.54, 1.807) is 22.8 Å². The summed E-state index contributed by atoms with van der Waals surface area (Å²) in [5.74, 6) is 1.13. The number of benzene rings is 1. The number of halogens is 2. The van der Waals surface area contributed by atoms with Crippen molar-refractivity contribution in [2.45, 2.75) is 20.1 Å². The van der Waals surface area contributed by atoms with E-state index < -0.39 is 0 Å². The van der Waals surface area contributed by atoms with E-state index in [0.29, 0.717) is 33.8 Å². The first-order valence-electron chi connectivity index (χ1n) is 5.15.